The lowest BCUT2D eigenvalue weighted by molar-refractivity contribution is -0.125. The number of nitrogens with two attached hydrogens (primary N) is 2. The van der Waals surface area contributed by atoms with Crippen LogP contribution in [-0.2, 0) is 9.53 Å². The van der Waals surface area contributed by atoms with Crippen LogP contribution in [0.25, 0.3) is 22.2 Å². The molecular weight excluding hydrogens is 484 g/mol. The lowest BCUT2D eigenvalue weighted by atomic mass is 9.79. The van der Waals surface area contributed by atoms with Crippen molar-refractivity contribution < 1.29 is 19.4 Å². The molecule has 6 rings (SSSR count). The molecule has 0 spiro atoms. The number of nitrogens with zero attached hydrogens (tertiary/aromatic N) is 4. The largest absolute Gasteiger partial charge is 0.491 e. The van der Waals surface area contributed by atoms with Crippen molar-refractivity contribution in [3.05, 3.63) is 36.8 Å². The summed E-state index contributed by atoms with van der Waals surface area (Å²) in [5.41, 5.74) is 14.7. The maximum atomic E-state index is 11.8. The number of carbonyl (C=O) groups is 1. The van der Waals surface area contributed by atoms with E-state index in [2.05, 4.69) is 26.8 Å². The molecule has 2 aromatic heterocycles. The van der Waals surface area contributed by atoms with Gasteiger partial charge < -0.3 is 30.6 Å². The van der Waals surface area contributed by atoms with E-state index in [0.29, 0.717) is 31.3 Å². The van der Waals surface area contributed by atoms with Crippen molar-refractivity contribution in [2.24, 2.45) is 11.7 Å². The molecule has 1 saturated carbocycles. The second-order valence-corrected chi connectivity index (χ2v) is 10.9. The number of aliphatic hydroxyl groups is 1. The van der Waals surface area contributed by atoms with Crippen LogP contribution < -0.4 is 16.2 Å². The average Bonchev–Trinajstić information content (AvgIpc) is 3.47. The molecule has 0 bridgehead atoms. The number of benzene rings is 1. The highest BCUT2D eigenvalue weighted by Gasteiger charge is 2.41. The van der Waals surface area contributed by atoms with Gasteiger partial charge in [0.2, 0.25) is 5.91 Å². The monoisotopic (exact) mass is 520 g/mol. The zero-order valence-corrected chi connectivity index (χ0v) is 21.5. The molecule has 0 radical (unpaired) electrons. The van der Waals surface area contributed by atoms with Crippen LogP contribution in [-0.4, -0.2) is 75.0 Å². The third-order valence-corrected chi connectivity index (χ3v) is 8.35. The smallest absolute Gasteiger partial charge is 0.237 e. The summed E-state index contributed by atoms with van der Waals surface area (Å²) >= 11 is 0. The van der Waals surface area contributed by atoms with Gasteiger partial charge in [-0.25, -0.2) is 9.97 Å². The molecular formula is C28H36N6O4. The molecule has 3 aliphatic rings. The SMILES string of the molecule is NC(=O)[C@@H]1[C@@H](O)CCN1C[C@H]1C[C@@H](n2cc(-c3cccc(OCC4CCCCO4)c3)c3c(N)ncnc32)C1. The van der Waals surface area contributed by atoms with Crippen LogP contribution in [0.1, 0.15) is 44.6 Å². The molecule has 1 aliphatic carbocycles. The Balaban J connectivity index is 1.19. The number of carbonyl (C=O) groups excluding carboxylic acids is 1. The molecule has 202 valence electrons. The molecule has 1 unspecified atom stereocenters. The number of aromatic nitrogens is 3. The standard InChI is InChI=1S/C28H36N6O4/c29-26-24-22(18-4-3-6-20(12-18)38-15-21-5-1-2-9-37-21)14-34(28(24)32-16-31-26)19-10-17(11-19)13-33-8-7-23(35)25(33)27(30)36/h3-4,6,12,14,16-17,19,21,23,25,35H,1-2,5,7-11,13,15H2,(H2,30,36)(H2,29,31,32)/t17-,19+,21?,23-,25-/m0/s1. The van der Waals surface area contributed by atoms with Gasteiger partial charge in [0.25, 0.3) is 0 Å². The van der Waals surface area contributed by atoms with Crippen molar-refractivity contribution in [3.63, 3.8) is 0 Å². The molecule has 1 aromatic carbocycles. The van der Waals surface area contributed by atoms with Gasteiger partial charge in [0.15, 0.2) is 0 Å². The Morgan fingerprint density at radius 1 is 1.21 bits per heavy atom. The summed E-state index contributed by atoms with van der Waals surface area (Å²) in [5.74, 6) is 1.23. The normalized spacial score (nSPS) is 27.9. The summed E-state index contributed by atoms with van der Waals surface area (Å²) in [5, 5.41) is 11.0. The number of rotatable bonds is 8. The van der Waals surface area contributed by atoms with Crippen molar-refractivity contribution in [2.75, 3.05) is 32.0 Å². The summed E-state index contributed by atoms with van der Waals surface area (Å²) in [6.07, 6.45) is 8.95. The van der Waals surface area contributed by atoms with E-state index < -0.39 is 18.1 Å². The highest BCUT2D eigenvalue weighted by molar-refractivity contribution is 6.00. The molecule has 10 heteroatoms. The summed E-state index contributed by atoms with van der Waals surface area (Å²) in [6.45, 7) is 2.81. The molecule has 3 fully saturated rings. The Labute approximate surface area is 221 Å². The minimum absolute atomic E-state index is 0.145. The van der Waals surface area contributed by atoms with Crippen LogP contribution in [0.4, 0.5) is 5.82 Å². The summed E-state index contributed by atoms with van der Waals surface area (Å²) < 4.78 is 14.1. The number of primary amides is 1. The minimum atomic E-state index is -0.672. The molecule has 5 N–H and O–H groups in total. The first kappa shape index (κ1) is 25.1. The van der Waals surface area contributed by atoms with E-state index >= 15 is 0 Å². The van der Waals surface area contributed by atoms with Gasteiger partial charge in [-0.3, -0.25) is 9.69 Å². The second-order valence-electron chi connectivity index (χ2n) is 10.9. The molecule has 10 nitrogen and oxygen atoms in total. The number of hydrogen-bond donors (Lipinski definition) is 3. The first-order chi connectivity index (χ1) is 18.5. The highest BCUT2D eigenvalue weighted by Crippen LogP contribution is 2.44. The van der Waals surface area contributed by atoms with Crippen molar-refractivity contribution in [1.29, 1.82) is 0 Å². The van der Waals surface area contributed by atoms with Crippen LogP contribution in [0.2, 0.25) is 0 Å². The third-order valence-electron chi connectivity index (χ3n) is 8.35. The van der Waals surface area contributed by atoms with Crippen molar-refractivity contribution >= 4 is 22.8 Å². The van der Waals surface area contributed by atoms with Gasteiger partial charge in [-0.05, 0) is 62.1 Å². The van der Waals surface area contributed by atoms with Crippen LogP contribution >= 0.6 is 0 Å². The quantitative estimate of drug-likeness (QED) is 0.411. The molecule has 3 atom stereocenters. The Hall–Kier alpha value is -3.21. The van der Waals surface area contributed by atoms with E-state index in [-0.39, 0.29) is 12.1 Å². The second kappa shape index (κ2) is 10.5. The van der Waals surface area contributed by atoms with E-state index in [9.17, 15) is 9.90 Å². The number of likely N-dealkylation sites (tertiary alicyclic amines) is 1. The average molecular weight is 521 g/mol. The van der Waals surface area contributed by atoms with Gasteiger partial charge in [-0.15, -0.1) is 0 Å². The number of hydrogen-bond acceptors (Lipinski definition) is 8. The fourth-order valence-electron chi connectivity index (χ4n) is 6.31. The fraction of sp³-hybridized carbons (Fsp3) is 0.536. The van der Waals surface area contributed by atoms with Gasteiger partial charge in [0, 0.05) is 37.5 Å². The topological polar surface area (TPSA) is 142 Å². The Morgan fingerprint density at radius 3 is 2.87 bits per heavy atom. The van der Waals surface area contributed by atoms with Crippen LogP contribution in [0, 0.1) is 5.92 Å². The minimum Gasteiger partial charge on any atom is -0.491 e. The van der Waals surface area contributed by atoms with Gasteiger partial charge in [-0.2, -0.15) is 0 Å². The van der Waals surface area contributed by atoms with E-state index in [1.165, 1.54) is 12.7 Å². The molecule has 3 aromatic rings. The van der Waals surface area contributed by atoms with Crippen LogP contribution in [0.5, 0.6) is 5.75 Å². The van der Waals surface area contributed by atoms with E-state index in [1.807, 2.05) is 23.1 Å². The maximum absolute atomic E-state index is 11.8. The molecule has 38 heavy (non-hydrogen) atoms. The van der Waals surface area contributed by atoms with E-state index in [4.69, 9.17) is 20.9 Å². The summed E-state index contributed by atoms with van der Waals surface area (Å²) in [6, 6.07) is 7.75. The molecule has 1 amide bonds. The van der Waals surface area contributed by atoms with Gasteiger partial charge in [0.05, 0.1) is 17.6 Å². The van der Waals surface area contributed by atoms with Crippen LogP contribution in [0.15, 0.2) is 36.8 Å². The predicted octanol–water partition coefficient (Wildman–Crippen LogP) is 2.50. The first-order valence-corrected chi connectivity index (χ1v) is 13.6. The first-order valence-electron chi connectivity index (χ1n) is 13.6. The van der Waals surface area contributed by atoms with Crippen molar-refractivity contribution in [2.45, 2.75) is 62.8 Å². The van der Waals surface area contributed by atoms with Crippen molar-refractivity contribution in [3.8, 4) is 16.9 Å². The highest BCUT2D eigenvalue weighted by atomic mass is 16.5. The zero-order valence-electron chi connectivity index (χ0n) is 21.5. The lowest BCUT2D eigenvalue weighted by Gasteiger charge is -2.39. The van der Waals surface area contributed by atoms with Crippen molar-refractivity contribution in [1.82, 2.24) is 19.4 Å². The summed E-state index contributed by atoms with van der Waals surface area (Å²) in [4.78, 5) is 22.8. The number of fused-ring (bicyclic) bond motifs is 1. The van der Waals surface area contributed by atoms with Gasteiger partial charge >= 0.3 is 0 Å². The van der Waals surface area contributed by atoms with E-state index in [1.54, 1.807) is 0 Å². The summed E-state index contributed by atoms with van der Waals surface area (Å²) in [7, 11) is 0. The van der Waals surface area contributed by atoms with E-state index in [0.717, 1.165) is 66.7 Å². The van der Waals surface area contributed by atoms with Gasteiger partial charge in [-0.1, -0.05) is 12.1 Å². The maximum Gasteiger partial charge on any atom is 0.237 e. The predicted molar refractivity (Wildman–Crippen MR) is 143 cm³/mol. The number of nitrogen functional groups attached to an aromatic ring is 1. The van der Waals surface area contributed by atoms with Gasteiger partial charge in [0.1, 0.15) is 36.2 Å². The number of amides is 1. The number of ether oxygens (including phenoxy) is 2. The Kier molecular flexibility index (Phi) is 6.94. The molecule has 4 heterocycles. The zero-order chi connectivity index (χ0) is 26.2. The fourth-order valence-corrected chi connectivity index (χ4v) is 6.31. The lowest BCUT2D eigenvalue weighted by Crippen LogP contribution is -2.48. The Morgan fingerprint density at radius 2 is 2.08 bits per heavy atom. The third kappa shape index (κ3) is 4.83. The Bertz CT molecular complexity index is 1300. The number of aliphatic hydroxyl groups excluding tert-OH is 1. The number of anilines is 1. The molecule has 2 aliphatic heterocycles. The molecule has 2 saturated heterocycles. The van der Waals surface area contributed by atoms with Crippen LogP contribution in [0.3, 0.4) is 0 Å².